The summed E-state index contributed by atoms with van der Waals surface area (Å²) in [5.74, 6) is -0.785. The second kappa shape index (κ2) is 7.09. The van der Waals surface area contributed by atoms with Crippen LogP contribution in [0.15, 0.2) is 34.7 Å². The lowest BCUT2D eigenvalue weighted by atomic mass is 9.97. The number of esters is 1. The summed E-state index contributed by atoms with van der Waals surface area (Å²) in [4.78, 5) is 24.5. The van der Waals surface area contributed by atoms with Crippen LogP contribution >= 0.6 is 11.8 Å². The number of hydrogen-bond donors (Lipinski definition) is 2. The van der Waals surface area contributed by atoms with Gasteiger partial charge in [0.2, 0.25) is 0 Å². The standard InChI is InChI=1S/C16H20N2O5S2/c1-16(2,3)14(20)23-11-8-6-5-7-10(11)13(19)18-15-17-9-12(24-15)25(4,21)22/h5-9,15,17H,1-4H3,(H,18,19). The Morgan fingerprint density at radius 3 is 2.44 bits per heavy atom. The van der Waals surface area contributed by atoms with Crippen LogP contribution in [-0.4, -0.2) is 32.0 Å². The molecule has 2 N–H and O–H groups in total. The summed E-state index contributed by atoms with van der Waals surface area (Å²) in [6.07, 6.45) is 2.44. The van der Waals surface area contributed by atoms with Crippen LogP contribution in [0.25, 0.3) is 0 Å². The van der Waals surface area contributed by atoms with Crippen LogP contribution in [0.1, 0.15) is 31.1 Å². The highest BCUT2D eigenvalue weighted by Gasteiger charge is 2.28. The van der Waals surface area contributed by atoms with Crippen LogP contribution in [-0.2, 0) is 14.6 Å². The molecular weight excluding hydrogens is 364 g/mol. The van der Waals surface area contributed by atoms with Crippen LogP contribution in [0.4, 0.5) is 0 Å². The Bertz CT molecular complexity index is 825. The topological polar surface area (TPSA) is 102 Å². The lowest BCUT2D eigenvalue weighted by Crippen LogP contribution is -2.39. The predicted molar refractivity (Wildman–Crippen MR) is 96.4 cm³/mol. The Morgan fingerprint density at radius 2 is 1.88 bits per heavy atom. The third-order valence-corrected chi connectivity index (χ3v) is 6.05. The molecule has 2 rings (SSSR count). The lowest BCUT2D eigenvalue weighted by Gasteiger charge is -2.18. The van der Waals surface area contributed by atoms with E-state index in [1.165, 1.54) is 18.3 Å². The minimum Gasteiger partial charge on any atom is -0.425 e. The molecule has 1 heterocycles. The highest BCUT2D eigenvalue weighted by Crippen LogP contribution is 2.29. The molecule has 1 aliphatic rings. The van der Waals surface area contributed by atoms with Gasteiger partial charge in [-0.15, -0.1) is 0 Å². The molecule has 1 aromatic carbocycles. The Kier molecular flexibility index (Phi) is 5.48. The van der Waals surface area contributed by atoms with Crippen molar-refractivity contribution in [3.05, 3.63) is 40.3 Å². The number of sulfone groups is 1. The molecule has 0 aromatic heterocycles. The van der Waals surface area contributed by atoms with Gasteiger partial charge in [-0.2, -0.15) is 0 Å². The maximum Gasteiger partial charge on any atom is 0.316 e. The molecule has 25 heavy (non-hydrogen) atoms. The van der Waals surface area contributed by atoms with Crippen molar-refractivity contribution in [1.29, 1.82) is 0 Å². The quantitative estimate of drug-likeness (QED) is 0.603. The summed E-state index contributed by atoms with van der Waals surface area (Å²) >= 11 is 0.987. The minimum absolute atomic E-state index is 0.144. The zero-order valence-electron chi connectivity index (χ0n) is 14.3. The Balaban J connectivity index is 2.10. The van der Waals surface area contributed by atoms with Gasteiger partial charge in [-0.05, 0) is 32.9 Å². The molecule has 0 saturated heterocycles. The number of ether oxygens (including phenoxy) is 1. The van der Waals surface area contributed by atoms with Crippen molar-refractivity contribution in [3.8, 4) is 5.75 Å². The Labute approximate surface area is 151 Å². The Morgan fingerprint density at radius 1 is 1.24 bits per heavy atom. The van der Waals surface area contributed by atoms with E-state index in [-0.39, 0.29) is 15.6 Å². The number of rotatable bonds is 4. The number of carbonyl (C=O) groups is 2. The molecule has 1 unspecified atom stereocenters. The van der Waals surface area contributed by atoms with E-state index in [1.807, 2.05) is 0 Å². The highest BCUT2D eigenvalue weighted by molar-refractivity contribution is 8.18. The summed E-state index contributed by atoms with van der Waals surface area (Å²) in [6, 6.07) is 6.38. The molecule has 1 aromatic rings. The van der Waals surface area contributed by atoms with Crippen LogP contribution in [0.5, 0.6) is 5.75 Å². The van der Waals surface area contributed by atoms with Crippen molar-refractivity contribution < 1.29 is 22.7 Å². The smallest absolute Gasteiger partial charge is 0.316 e. The van der Waals surface area contributed by atoms with Crippen molar-refractivity contribution in [2.45, 2.75) is 26.3 Å². The number of carbonyl (C=O) groups excluding carboxylic acids is 2. The van der Waals surface area contributed by atoms with Crippen molar-refractivity contribution in [1.82, 2.24) is 10.6 Å². The van der Waals surface area contributed by atoms with Crippen molar-refractivity contribution in [2.75, 3.05) is 6.26 Å². The molecule has 0 aliphatic carbocycles. The van der Waals surface area contributed by atoms with E-state index in [1.54, 1.807) is 32.9 Å². The van der Waals surface area contributed by atoms with Gasteiger partial charge in [-0.1, -0.05) is 23.9 Å². The van der Waals surface area contributed by atoms with Gasteiger partial charge in [0.1, 0.15) is 9.99 Å². The first-order chi connectivity index (χ1) is 11.5. The van der Waals surface area contributed by atoms with Gasteiger partial charge < -0.3 is 15.4 Å². The third-order valence-electron chi connectivity index (χ3n) is 3.16. The molecule has 0 fully saturated rings. The third kappa shape index (κ3) is 4.99. The second-order valence-electron chi connectivity index (χ2n) is 6.51. The Hall–Kier alpha value is -2.00. The van der Waals surface area contributed by atoms with Crippen molar-refractivity contribution in [2.24, 2.45) is 5.41 Å². The van der Waals surface area contributed by atoms with E-state index in [4.69, 9.17) is 4.74 Å². The van der Waals surface area contributed by atoms with Gasteiger partial charge in [0, 0.05) is 12.5 Å². The molecule has 1 atom stereocenters. The maximum atomic E-state index is 12.5. The molecule has 136 valence electrons. The van der Waals surface area contributed by atoms with Gasteiger partial charge in [-0.25, -0.2) is 8.42 Å². The molecule has 7 nitrogen and oxygen atoms in total. The fourth-order valence-electron chi connectivity index (χ4n) is 1.79. The lowest BCUT2D eigenvalue weighted by molar-refractivity contribution is -0.143. The molecule has 0 bridgehead atoms. The maximum absolute atomic E-state index is 12.5. The average Bonchev–Trinajstić information content (AvgIpc) is 2.95. The number of hydrogen-bond acceptors (Lipinski definition) is 7. The van der Waals surface area contributed by atoms with Crippen molar-refractivity contribution >= 4 is 33.5 Å². The SMILES string of the molecule is CC(C)(C)C(=O)Oc1ccccc1C(=O)NC1NC=C(S(C)(=O)=O)S1. The summed E-state index contributed by atoms with van der Waals surface area (Å²) in [5.41, 5.74) is -1.14. The average molecular weight is 384 g/mol. The number of thioether (sulfide) groups is 1. The number of para-hydroxylation sites is 1. The molecule has 1 amide bonds. The zero-order chi connectivity index (χ0) is 18.8. The van der Waals surface area contributed by atoms with Gasteiger partial charge in [0.15, 0.2) is 15.3 Å². The van der Waals surface area contributed by atoms with Gasteiger partial charge in [0.05, 0.1) is 11.0 Å². The summed E-state index contributed by atoms with van der Waals surface area (Å²) < 4.78 is 28.5. The monoisotopic (exact) mass is 384 g/mol. The largest absolute Gasteiger partial charge is 0.425 e. The number of amides is 1. The van der Waals surface area contributed by atoms with Crippen LogP contribution in [0.3, 0.4) is 0 Å². The second-order valence-corrected chi connectivity index (χ2v) is 9.90. The summed E-state index contributed by atoms with van der Waals surface area (Å²) in [6.45, 7) is 5.15. The fourth-order valence-corrected chi connectivity index (χ4v) is 3.73. The van der Waals surface area contributed by atoms with Crippen LogP contribution in [0.2, 0.25) is 0 Å². The molecule has 0 saturated carbocycles. The van der Waals surface area contributed by atoms with Crippen LogP contribution < -0.4 is 15.4 Å². The van der Waals surface area contributed by atoms with Crippen molar-refractivity contribution in [3.63, 3.8) is 0 Å². The van der Waals surface area contributed by atoms with E-state index in [0.29, 0.717) is 0 Å². The molecular formula is C16H20N2O5S2. The number of benzene rings is 1. The molecule has 0 spiro atoms. The summed E-state index contributed by atoms with van der Waals surface area (Å²) in [5, 5.41) is 5.44. The van der Waals surface area contributed by atoms with E-state index in [9.17, 15) is 18.0 Å². The van der Waals surface area contributed by atoms with E-state index < -0.39 is 32.6 Å². The van der Waals surface area contributed by atoms with E-state index in [0.717, 1.165) is 18.0 Å². The van der Waals surface area contributed by atoms with E-state index >= 15 is 0 Å². The molecule has 1 aliphatic heterocycles. The fraction of sp³-hybridized carbons (Fsp3) is 0.375. The van der Waals surface area contributed by atoms with E-state index in [2.05, 4.69) is 10.6 Å². The first-order valence-corrected chi connectivity index (χ1v) is 10.2. The normalized spacial score (nSPS) is 17.4. The molecule has 9 heteroatoms. The minimum atomic E-state index is -3.34. The molecule has 0 radical (unpaired) electrons. The van der Waals surface area contributed by atoms with Gasteiger partial charge in [0.25, 0.3) is 5.91 Å². The first kappa shape index (κ1) is 19.3. The van der Waals surface area contributed by atoms with Gasteiger partial charge >= 0.3 is 5.97 Å². The zero-order valence-corrected chi connectivity index (χ0v) is 16.0. The first-order valence-electron chi connectivity index (χ1n) is 7.43. The predicted octanol–water partition coefficient (Wildman–Crippen LogP) is 1.83. The summed E-state index contributed by atoms with van der Waals surface area (Å²) in [7, 11) is -3.34. The van der Waals surface area contributed by atoms with Gasteiger partial charge in [-0.3, -0.25) is 9.59 Å². The van der Waals surface area contributed by atoms with Crippen LogP contribution in [0, 0.1) is 5.41 Å². The highest BCUT2D eigenvalue weighted by atomic mass is 32.3. The number of nitrogens with one attached hydrogen (secondary N) is 2.